The van der Waals surface area contributed by atoms with Gasteiger partial charge in [0.15, 0.2) is 0 Å². The summed E-state index contributed by atoms with van der Waals surface area (Å²) in [6.45, 7) is 4.37. The second-order valence-electron chi connectivity index (χ2n) is 5.80. The van der Waals surface area contributed by atoms with Crippen LogP contribution in [0.25, 0.3) is 10.8 Å². The van der Waals surface area contributed by atoms with E-state index in [0.29, 0.717) is 5.56 Å². The average Bonchev–Trinajstić information content (AvgIpc) is 2.54. The molecule has 1 aromatic carbocycles. The molecule has 1 aromatic heterocycles. The molecule has 1 saturated heterocycles. The Balaban J connectivity index is 1.98. The normalized spacial score (nSPS) is 16.3. The van der Waals surface area contributed by atoms with E-state index in [0.717, 1.165) is 35.5 Å². The minimum absolute atomic E-state index is 0.385. The molecular weight excluding hydrogens is 262 g/mol. The van der Waals surface area contributed by atoms with E-state index in [1.54, 1.807) is 6.07 Å². The molecule has 1 amide bonds. The maximum Gasteiger partial charge on any atom is 0.248 e. The molecule has 0 saturated carbocycles. The van der Waals surface area contributed by atoms with E-state index >= 15 is 0 Å². The van der Waals surface area contributed by atoms with Gasteiger partial charge in [-0.15, -0.1) is 0 Å². The fourth-order valence-corrected chi connectivity index (χ4v) is 3.14. The van der Waals surface area contributed by atoms with Crippen LogP contribution in [0.15, 0.2) is 30.6 Å². The molecular formula is C17H21N3O. The number of carbonyl (C=O) groups excluding carboxylic acids is 1. The predicted octanol–water partition coefficient (Wildman–Crippen LogP) is 2.96. The van der Waals surface area contributed by atoms with Gasteiger partial charge in [0.25, 0.3) is 0 Å². The molecule has 3 rings (SSSR count). The Hall–Kier alpha value is -2.10. The Kier molecular flexibility index (Phi) is 3.78. The molecule has 2 N–H and O–H groups in total. The lowest BCUT2D eigenvalue weighted by molar-refractivity contribution is 0.100. The van der Waals surface area contributed by atoms with Crippen LogP contribution in [0.4, 0.5) is 5.69 Å². The molecule has 1 aliphatic rings. The Labute approximate surface area is 125 Å². The minimum atomic E-state index is -0.385. The Morgan fingerprint density at radius 2 is 2.10 bits per heavy atom. The standard InChI is InChI=1S/C17H21N3O/c1-2-12-5-7-20(8-6-12)16-11-19-10-14-4-3-13(17(18)21)9-15(14)16/h3-4,9-12H,2,5-8H2,1H3,(H2,18,21). The van der Waals surface area contributed by atoms with Gasteiger partial charge < -0.3 is 10.6 Å². The van der Waals surface area contributed by atoms with Crippen molar-refractivity contribution in [3.8, 4) is 0 Å². The predicted molar refractivity (Wildman–Crippen MR) is 85.5 cm³/mol. The highest BCUT2D eigenvalue weighted by molar-refractivity contribution is 6.01. The summed E-state index contributed by atoms with van der Waals surface area (Å²) < 4.78 is 0. The zero-order valence-corrected chi connectivity index (χ0v) is 12.4. The minimum Gasteiger partial charge on any atom is -0.370 e. The highest BCUT2D eigenvalue weighted by Gasteiger charge is 2.19. The number of aromatic nitrogens is 1. The highest BCUT2D eigenvalue weighted by atomic mass is 16.1. The number of pyridine rings is 1. The number of nitrogens with zero attached hydrogens (tertiary/aromatic N) is 2. The number of fused-ring (bicyclic) bond motifs is 1. The second-order valence-corrected chi connectivity index (χ2v) is 5.80. The third kappa shape index (κ3) is 2.71. The van der Waals surface area contributed by atoms with Crippen molar-refractivity contribution in [3.63, 3.8) is 0 Å². The molecule has 4 nitrogen and oxygen atoms in total. The van der Waals surface area contributed by atoms with Crippen molar-refractivity contribution < 1.29 is 4.79 Å². The van der Waals surface area contributed by atoms with Crippen LogP contribution in [0.1, 0.15) is 36.5 Å². The smallest absolute Gasteiger partial charge is 0.248 e. The summed E-state index contributed by atoms with van der Waals surface area (Å²) in [5, 5.41) is 2.12. The first-order valence-corrected chi connectivity index (χ1v) is 7.61. The van der Waals surface area contributed by atoms with Crippen molar-refractivity contribution in [2.24, 2.45) is 11.7 Å². The van der Waals surface area contributed by atoms with E-state index in [9.17, 15) is 4.79 Å². The number of amides is 1. The van der Waals surface area contributed by atoms with Gasteiger partial charge in [0, 0.05) is 35.6 Å². The summed E-state index contributed by atoms with van der Waals surface area (Å²) >= 11 is 0. The lowest BCUT2D eigenvalue weighted by Gasteiger charge is -2.33. The van der Waals surface area contributed by atoms with Gasteiger partial charge in [0.05, 0.1) is 11.9 Å². The zero-order chi connectivity index (χ0) is 14.8. The number of anilines is 1. The van der Waals surface area contributed by atoms with Gasteiger partial charge in [-0.05, 0) is 30.9 Å². The first-order chi connectivity index (χ1) is 10.2. The summed E-state index contributed by atoms with van der Waals surface area (Å²) in [4.78, 5) is 18.1. The first-order valence-electron chi connectivity index (χ1n) is 7.61. The molecule has 110 valence electrons. The lowest BCUT2D eigenvalue weighted by Crippen LogP contribution is -2.33. The topological polar surface area (TPSA) is 59.2 Å². The van der Waals surface area contributed by atoms with Gasteiger partial charge in [0.2, 0.25) is 5.91 Å². The maximum atomic E-state index is 11.4. The molecule has 2 heterocycles. The molecule has 4 heteroatoms. The fourth-order valence-electron chi connectivity index (χ4n) is 3.14. The molecule has 1 aliphatic heterocycles. The van der Waals surface area contributed by atoms with Crippen LogP contribution >= 0.6 is 0 Å². The van der Waals surface area contributed by atoms with Gasteiger partial charge in [-0.1, -0.05) is 19.4 Å². The summed E-state index contributed by atoms with van der Waals surface area (Å²) in [7, 11) is 0. The van der Waals surface area contributed by atoms with Crippen molar-refractivity contribution >= 4 is 22.4 Å². The Morgan fingerprint density at radius 1 is 1.33 bits per heavy atom. The number of nitrogens with two attached hydrogens (primary N) is 1. The van der Waals surface area contributed by atoms with Gasteiger partial charge in [-0.3, -0.25) is 9.78 Å². The Morgan fingerprint density at radius 3 is 2.76 bits per heavy atom. The molecule has 0 atom stereocenters. The number of hydrogen-bond donors (Lipinski definition) is 1. The van der Waals surface area contributed by atoms with E-state index in [2.05, 4.69) is 16.8 Å². The molecule has 21 heavy (non-hydrogen) atoms. The van der Waals surface area contributed by atoms with Crippen molar-refractivity contribution in [1.29, 1.82) is 0 Å². The molecule has 2 aromatic rings. The van der Waals surface area contributed by atoms with Crippen LogP contribution in [0.5, 0.6) is 0 Å². The van der Waals surface area contributed by atoms with E-state index < -0.39 is 0 Å². The summed E-state index contributed by atoms with van der Waals surface area (Å²) in [5.74, 6) is 0.453. The van der Waals surface area contributed by atoms with Crippen LogP contribution < -0.4 is 10.6 Å². The summed E-state index contributed by atoms with van der Waals surface area (Å²) in [6.07, 6.45) is 7.44. The van der Waals surface area contributed by atoms with Gasteiger partial charge in [0.1, 0.15) is 0 Å². The Bertz CT molecular complexity index is 660. The zero-order valence-electron chi connectivity index (χ0n) is 12.4. The average molecular weight is 283 g/mol. The third-order valence-electron chi connectivity index (χ3n) is 4.56. The molecule has 0 bridgehead atoms. The quantitative estimate of drug-likeness (QED) is 0.942. The maximum absolute atomic E-state index is 11.4. The van der Waals surface area contributed by atoms with Gasteiger partial charge in [-0.25, -0.2) is 0 Å². The number of carbonyl (C=O) groups is 1. The van der Waals surface area contributed by atoms with Crippen molar-refractivity contribution in [1.82, 2.24) is 4.98 Å². The number of piperidine rings is 1. The summed E-state index contributed by atoms with van der Waals surface area (Å²) in [6, 6.07) is 5.57. The van der Waals surface area contributed by atoms with E-state index in [-0.39, 0.29) is 5.91 Å². The van der Waals surface area contributed by atoms with Crippen LogP contribution in [-0.4, -0.2) is 24.0 Å². The van der Waals surface area contributed by atoms with Crippen LogP contribution in [0.2, 0.25) is 0 Å². The van der Waals surface area contributed by atoms with Gasteiger partial charge in [-0.2, -0.15) is 0 Å². The van der Waals surface area contributed by atoms with E-state index in [4.69, 9.17) is 5.73 Å². The van der Waals surface area contributed by atoms with Crippen molar-refractivity contribution in [2.45, 2.75) is 26.2 Å². The van der Waals surface area contributed by atoms with Crippen LogP contribution in [-0.2, 0) is 0 Å². The van der Waals surface area contributed by atoms with Gasteiger partial charge >= 0.3 is 0 Å². The largest absolute Gasteiger partial charge is 0.370 e. The molecule has 0 spiro atoms. The monoisotopic (exact) mass is 283 g/mol. The molecule has 1 fully saturated rings. The SMILES string of the molecule is CCC1CCN(c2cncc3ccc(C(N)=O)cc23)CC1. The van der Waals surface area contributed by atoms with Crippen molar-refractivity contribution in [2.75, 3.05) is 18.0 Å². The molecule has 0 radical (unpaired) electrons. The molecule has 0 aliphatic carbocycles. The summed E-state index contributed by atoms with van der Waals surface area (Å²) in [5.41, 5.74) is 7.07. The lowest BCUT2D eigenvalue weighted by atomic mass is 9.94. The second kappa shape index (κ2) is 5.72. The first kappa shape index (κ1) is 13.9. The van der Waals surface area contributed by atoms with Crippen LogP contribution in [0, 0.1) is 5.92 Å². The molecule has 0 unspecified atom stereocenters. The third-order valence-corrected chi connectivity index (χ3v) is 4.56. The number of hydrogen-bond acceptors (Lipinski definition) is 3. The fraction of sp³-hybridized carbons (Fsp3) is 0.412. The number of rotatable bonds is 3. The van der Waals surface area contributed by atoms with E-state index in [1.807, 2.05) is 24.5 Å². The van der Waals surface area contributed by atoms with E-state index in [1.165, 1.54) is 19.3 Å². The highest BCUT2D eigenvalue weighted by Crippen LogP contribution is 2.30. The van der Waals surface area contributed by atoms with Crippen molar-refractivity contribution in [3.05, 3.63) is 36.2 Å². The number of primary amides is 1. The number of benzene rings is 1. The van der Waals surface area contributed by atoms with Crippen LogP contribution in [0.3, 0.4) is 0 Å².